The topological polar surface area (TPSA) is 65.5 Å². The van der Waals surface area contributed by atoms with Crippen LogP contribution in [0.5, 0.6) is 5.88 Å². The maximum absolute atomic E-state index is 6.10. The number of anilines is 2. The lowest BCUT2D eigenvalue weighted by Crippen LogP contribution is -2.47. The summed E-state index contributed by atoms with van der Waals surface area (Å²) < 4.78 is 11.6. The molecule has 0 atom stereocenters. The first kappa shape index (κ1) is 23.5. The maximum atomic E-state index is 6.10. The predicted octanol–water partition coefficient (Wildman–Crippen LogP) is 2.69. The standard InChI is InChI=1S/C25H36N6O2/c1-3-29-7-9-30(10-8-29)11-16-33-25-19-23(31-12-14-32-15-13-31)18-24(27-25)28-26-20-22-6-4-5-21(2)17-22/h4-6,17-20H,3,7-16H2,1-2H3,(H,27,28)/b26-20+. The number of hydrazone groups is 1. The van der Waals surface area contributed by atoms with Crippen LogP contribution >= 0.6 is 0 Å². The summed E-state index contributed by atoms with van der Waals surface area (Å²) in [5, 5.41) is 4.40. The normalized spacial score (nSPS) is 18.1. The van der Waals surface area contributed by atoms with Crippen molar-refractivity contribution in [1.82, 2.24) is 14.8 Å². The number of morpholine rings is 1. The highest BCUT2D eigenvalue weighted by Gasteiger charge is 2.16. The fourth-order valence-electron chi connectivity index (χ4n) is 4.16. The van der Waals surface area contributed by atoms with Gasteiger partial charge in [-0.3, -0.25) is 10.3 Å². The molecule has 8 heteroatoms. The second-order valence-electron chi connectivity index (χ2n) is 8.56. The lowest BCUT2D eigenvalue weighted by atomic mass is 10.2. The Labute approximate surface area is 197 Å². The second kappa shape index (κ2) is 12.0. The number of aromatic nitrogens is 1. The third kappa shape index (κ3) is 7.15. The smallest absolute Gasteiger partial charge is 0.217 e. The SMILES string of the molecule is CCN1CCN(CCOc2cc(N3CCOCC3)cc(N/N=C/c3cccc(C)c3)n2)CC1. The highest BCUT2D eigenvalue weighted by molar-refractivity contribution is 5.80. The number of likely N-dealkylation sites (N-methyl/N-ethyl adjacent to an activating group) is 1. The Morgan fingerprint density at radius 1 is 1.06 bits per heavy atom. The third-order valence-corrected chi connectivity index (χ3v) is 6.17. The molecular weight excluding hydrogens is 416 g/mol. The summed E-state index contributed by atoms with van der Waals surface area (Å²) in [6, 6.07) is 12.3. The van der Waals surface area contributed by atoms with Crippen molar-refractivity contribution < 1.29 is 9.47 Å². The van der Waals surface area contributed by atoms with E-state index >= 15 is 0 Å². The van der Waals surface area contributed by atoms with Gasteiger partial charge in [-0.1, -0.05) is 36.8 Å². The Morgan fingerprint density at radius 2 is 1.85 bits per heavy atom. The van der Waals surface area contributed by atoms with Crippen molar-refractivity contribution in [2.24, 2.45) is 5.10 Å². The lowest BCUT2D eigenvalue weighted by Gasteiger charge is -2.33. The minimum Gasteiger partial charge on any atom is -0.476 e. The van der Waals surface area contributed by atoms with E-state index in [1.54, 1.807) is 0 Å². The molecule has 2 aliphatic heterocycles. The van der Waals surface area contributed by atoms with Crippen LogP contribution in [0.2, 0.25) is 0 Å². The van der Waals surface area contributed by atoms with Crippen molar-refractivity contribution in [3.05, 3.63) is 47.5 Å². The van der Waals surface area contributed by atoms with Crippen molar-refractivity contribution in [2.75, 3.05) is 82.5 Å². The van der Waals surface area contributed by atoms with Crippen molar-refractivity contribution in [1.29, 1.82) is 0 Å². The van der Waals surface area contributed by atoms with Gasteiger partial charge in [0.15, 0.2) is 5.82 Å². The van der Waals surface area contributed by atoms with Gasteiger partial charge >= 0.3 is 0 Å². The number of rotatable bonds is 9. The highest BCUT2D eigenvalue weighted by Crippen LogP contribution is 2.25. The van der Waals surface area contributed by atoms with Gasteiger partial charge in [-0.25, -0.2) is 0 Å². The van der Waals surface area contributed by atoms with E-state index in [9.17, 15) is 0 Å². The summed E-state index contributed by atoms with van der Waals surface area (Å²) in [5.74, 6) is 1.30. The minimum atomic E-state index is 0.623. The molecule has 0 bridgehead atoms. The number of pyridine rings is 1. The first-order chi connectivity index (χ1) is 16.2. The number of nitrogens with one attached hydrogen (secondary N) is 1. The Kier molecular flexibility index (Phi) is 8.52. The molecule has 0 amide bonds. The fraction of sp³-hybridized carbons (Fsp3) is 0.520. The summed E-state index contributed by atoms with van der Waals surface area (Å²) >= 11 is 0. The van der Waals surface area contributed by atoms with Crippen LogP contribution in [0.4, 0.5) is 11.5 Å². The fourth-order valence-corrected chi connectivity index (χ4v) is 4.16. The summed E-state index contributed by atoms with van der Waals surface area (Å²) in [6.45, 7) is 14.6. The van der Waals surface area contributed by atoms with Crippen LogP contribution in [0.3, 0.4) is 0 Å². The van der Waals surface area contributed by atoms with E-state index in [1.165, 1.54) is 5.56 Å². The van der Waals surface area contributed by atoms with Crippen molar-refractivity contribution in [2.45, 2.75) is 13.8 Å². The van der Waals surface area contributed by atoms with Gasteiger partial charge in [0.1, 0.15) is 6.61 Å². The van der Waals surface area contributed by atoms with Crippen molar-refractivity contribution >= 4 is 17.7 Å². The predicted molar refractivity (Wildman–Crippen MR) is 134 cm³/mol. The van der Waals surface area contributed by atoms with E-state index in [0.29, 0.717) is 18.3 Å². The molecule has 0 saturated carbocycles. The van der Waals surface area contributed by atoms with Gasteiger partial charge in [0.05, 0.1) is 19.4 Å². The highest BCUT2D eigenvalue weighted by atomic mass is 16.5. The largest absolute Gasteiger partial charge is 0.476 e. The molecule has 1 aromatic carbocycles. The molecule has 0 unspecified atom stereocenters. The number of benzene rings is 1. The molecule has 0 spiro atoms. The number of nitrogens with zero attached hydrogens (tertiary/aromatic N) is 5. The van der Waals surface area contributed by atoms with E-state index in [1.807, 2.05) is 30.5 Å². The summed E-state index contributed by atoms with van der Waals surface area (Å²) in [4.78, 5) is 11.9. The summed E-state index contributed by atoms with van der Waals surface area (Å²) in [5.41, 5.74) is 6.42. The molecule has 33 heavy (non-hydrogen) atoms. The van der Waals surface area contributed by atoms with Crippen molar-refractivity contribution in [3.63, 3.8) is 0 Å². The van der Waals surface area contributed by atoms with E-state index in [-0.39, 0.29) is 0 Å². The zero-order valence-corrected chi connectivity index (χ0v) is 19.9. The van der Waals surface area contributed by atoms with Crippen LogP contribution in [0.1, 0.15) is 18.1 Å². The van der Waals surface area contributed by atoms with E-state index in [4.69, 9.17) is 9.47 Å². The average molecular weight is 453 g/mol. The molecule has 2 aliphatic rings. The lowest BCUT2D eigenvalue weighted by molar-refractivity contribution is 0.119. The maximum Gasteiger partial charge on any atom is 0.217 e. The summed E-state index contributed by atoms with van der Waals surface area (Å²) in [7, 11) is 0. The molecule has 2 fully saturated rings. The number of hydrogen-bond donors (Lipinski definition) is 1. The zero-order chi connectivity index (χ0) is 22.9. The van der Waals surface area contributed by atoms with E-state index < -0.39 is 0 Å². The van der Waals surface area contributed by atoms with Gasteiger partial charge < -0.3 is 19.3 Å². The van der Waals surface area contributed by atoms with Crippen LogP contribution in [0.15, 0.2) is 41.5 Å². The van der Waals surface area contributed by atoms with Gasteiger partial charge in [-0.05, 0) is 19.0 Å². The number of hydrogen-bond acceptors (Lipinski definition) is 8. The van der Waals surface area contributed by atoms with Crippen LogP contribution in [0.25, 0.3) is 0 Å². The second-order valence-corrected chi connectivity index (χ2v) is 8.56. The molecule has 2 saturated heterocycles. The number of aryl methyl sites for hydroxylation is 1. The van der Waals surface area contributed by atoms with Crippen LogP contribution < -0.4 is 15.1 Å². The monoisotopic (exact) mass is 452 g/mol. The quantitative estimate of drug-likeness (QED) is 0.464. The van der Waals surface area contributed by atoms with Crippen LogP contribution in [-0.4, -0.2) is 93.2 Å². The Hall–Kier alpha value is -2.68. The molecule has 3 heterocycles. The van der Waals surface area contributed by atoms with Crippen LogP contribution in [-0.2, 0) is 4.74 Å². The molecule has 2 aromatic rings. The molecule has 1 N–H and O–H groups in total. The van der Waals surface area contributed by atoms with Crippen LogP contribution in [0, 0.1) is 6.92 Å². The molecule has 0 radical (unpaired) electrons. The Bertz CT molecular complexity index is 908. The third-order valence-electron chi connectivity index (χ3n) is 6.17. The van der Waals surface area contributed by atoms with Gasteiger partial charge in [0.2, 0.25) is 5.88 Å². The summed E-state index contributed by atoms with van der Waals surface area (Å²) in [6.07, 6.45) is 1.81. The molecule has 178 valence electrons. The Morgan fingerprint density at radius 3 is 2.61 bits per heavy atom. The molecule has 4 rings (SSSR count). The number of piperazine rings is 1. The first-order valence-corrected chi connectivity index (χ1v) is 12.0. The van der Waals surface area contributed by atoms with Gasteiger partial charge in [0.25, 0.3) is 0 Å². The first-order valence-electron chi connectivity index (χ1n) is 12.0. The van der Waals surface area contributed by atoms with Gasteiger partial charge in [0, 0.05) is 63.6 Å². The van der Waals surface area contributed by atoms with Gasteiger partial charge in [-0.15, -0.1) is 0 Å². The van der Waals surface area contributed by atoms with E-state index in [0.717, 1.165) is 76.8 Å². The number of ether oxygens (including phenoxy) is 2. The molecular formula is C25H36N6O2. The molecule has 1 aromatic heterocycles. The molecule has 8 nitrogen and oxygen atoms in total. The zero-order valence-electron chi connectivity index (χ0n) is 19.9. The Balaban J connectivity index is 1.39. The molecule has 0 aliphatic carbocycles. The van der Waals surface area contributed by atoms with Gasteiger partial charge in [-0.2, -0.15) is 10.1 Å². The van der Waals surface area contributed by atoms with Crippen molar-refractivity contribution in [3.8, 4) is 5.88 Å². The van der Waals surface area contributed by atoms with E-state index in [2.05, 4.69) is 56.2 Å². The average Bonchev–Trinajstić information content (AvgIpc) is 2.85. The minimum absolute atomic E-state index is 0.623.